The van der Waals surface area contributed by atoms with Crippen LogP contribution in [0.2, 0.25) is 0 Å². The van der Waals surface area contributed by atoms with Crippen LogP contribution in [0.3, 0.4) is 0 Å². The molecule has 1 aliphatic heterocycles. The molecule has 16 heavy (non-hydrogen) atoms. The number of rotatable bonds is 2. The molecule has 1 saturated heterocycles. The van der Waals surface area contributed by atoms with Gasteiger partial charge in [0.15, 0.2) is 0 Å². The van der Waals surface area contributed by atoms with Gasteiger partial charge >= 0.3 is 0 Å². The lowest BCUT2D eigenvalue weighted by Crippen LogP contribution is -2.28. The second-order valence-electron chi connectivity index (χ2n) is 4.04. The van der Waals surface area contributed by atoms with E-state index in [4.69, 9.17) is 11.5 Å². The number of aryl methyl sites for hydroxylation is 1. The number of nitrogen functional groups attached to an aromatic ring is 1. The van der Waals surface area contributed by atoms with E-state index in [0.717, 1.165) is 5.69 Å². The summed E-state index contributed by atoms with van der Waals surface area (Å²) in [5.41, 5.74) is 11.9. The Morgan fingerprint density at radius 3 is 2.88 bits per heavy atom. The van der Waals surface area contributed by atoms with E-state index < -0.39 is 0 Å². The molecule has 0 aromatic carbocycles. The fraction of sp³-hybridized carbons (Fsp3) is 0.500. The topological polar surface area (TPSA) is 98.1 Å². The zero-order valence-electron chi connectivity index (χ0n) is 9.18. The second-order valence-corrected chi connectivity index (χ2v) is 4.04. The first-order chi connectivity index (χ1) is 7.60. The molecule has 0 bridgehead atoms. The molecule has 6 nitrogen and oxygen atoms in total. The minimum atomic E-state index is 0.0143. The molecule has 2 rings (SSSR count). The quantitative estimate of drug-likeness (QED) is 0.713. The van der Waals surface area contributed by atoms with Crippen LogP contribution < -0.4 is 16.4 Å². The molecule has 0 aliphatic carbocycles. The largest absolute Gasteiger partial charge is 0.384 e. The molecular weight excluding hydrogens is 206 g/mol. The summed E-state index contributed by atoms with van der Waals surface area (Å²) in [5.74, 6) is 0.975. The van der Waals surface area contributed by atoms with Crippen LogP contribution in [0.15, 0.2) is 6.07 Å². The molecule has 1 aliphatic rings. The predicted octanol–water partition coefficient (Wildman–Crippen LogP) is -0.321. The van der Waals surface area contributed by atoms with Gasteiger partial charge in [-0.1, -0.05) is 0 Å². The molecule has 6 heteroatoms. The van der Waals surface area contributed by atoms with Crippen molar-refractivity contribution in [2.24, 2.45) is 11.7 Å². The Kier molecular flexibility index (Phi) is 2.74. The van der Waals surface area contributed by atoms with Crippen LogP contribution in [-0.4, -0.2) is 29.0 Å². The SMILES string of the molecule is Cc1cc(N)nc(N2CC(CN)CC2=O)n1. The van der Waals surface area contributed by atoms with Crippen LogP contribution in [0.4, 0.5) is 11.8 Å². The van der Waals surface area contributed by atoms with Gasteiger partial charge in [-0.25, -0.2) is 4.98 Å². The van der Waals surface area contributed by atoms with Gasteiger partial charge in [-0.05, 0) is 19.4 Å². The normalized spacial score (nSPS) is 20.5. The molecule has 1 atom stereocenters. The Morgan fingerprint density at radius 1 is 1.56 bits per heavy atom. The van der Waals surface area contributed by atoms with Gasteiger partial charge in [0, 0.05) is 24.7 Å². The van der Waals surface area contributed by atoms with Gasteiger partial charge < -0.3 is 11.5 Å². The average Bonchev–Trinajstić information content (AvgIpc) is 2.58. The minimum absolute atomic E-state index is 0.0143. The summed E-state index contributed by atoms with van der Waals surface area (Å²) >= 11 is 0. The highest BCUT2D eigenvalue weighted by Gasteiger charge is 2.31. The number of amides is 1. The van der Waals surface area contributed by atoms with Gasteiger partial charge in [-0.2, -0.15) is 4.98 Å². The lowest BCUT2D eigenvalue weighted by Gasteiger charge is -2.14. The van der Waals surface area contributed by atoms with E-state index in [1.807, 2.05) is 6.92 Å². The van der Waals surface area contributed by atoms with Gasteiger partial charge in [-0.15, -0.1) is 0 Å². The van der Waals surface area contributed by atoms with Crippen molar-refractivity contribution < 1.29 is 4.79 Å². The number of hydrogen-bond acceptors (Lipinski definition) is 5. The molecule has 0 saturated carbocycles. The van der Waals surface area contributed by atoms with Crippen LogP contribution >= 0.6 is 0 Å². The maximum absolute atomic E-state index is 11.7. The molecule has 0 spiro atoms. The van der Waals surface area contributed by atoms with Crippen molar-refractivity contribution in [2.75, 3.05) is 23.7 Å². The van der Waals surface area contributed by atoms with E-state index in [-0.39, 0.29) is 11.8 Å². The number of aromatic nitrogens is 2. The number of anilines is 2. The Labute approximate surface area is 93.7 Å². The lowest BCUT2D eigenvalue weighted by atomic mass is 10.1. The standard InChI is InChI=1S/C10H15N5O/c1-6-2-8(12)14-10(13-6)15-5-7(4-11)3-9(15)16/h2,7H,3-5,11H2,1H3,(H2,12,13,14). The summed E-state index contributed by atoms with van der Waals surface area (Å²) in [7, 11) is 0. The van der Waals surface area contributed by atoms with Gasteiger partial charge in [-0.3, -0.25) is 9.69 Å². The predicted molar refractivity (Wildman–Crippen MR) is 60.7 cm³/mol. The van der Waals surface area contributed by atoms with Crippen molar-refractivity contribution in [3.63, 3.8) is 0 Å². The molecule has 1 aromatic rings. The van der Waals surface area contributed by atoms with E-state index >= 15 is 0 Å². The van der Waals surface area contributed by atoms with Crippen LogP contribution in [0.5, 0.6) is 0 Å². The smallest absolute Gasteiger partial charge is 0.234 e. The molecule has 4 N–H and O–H groups in total. The van der Waals surface area contributed by atoms with Crippen LogP contribution in [0.1, 0.15) is 12.1 Å². The maximum Gasteiger partial charge on any atom is 0.234 e. The molecule has 86 valence electrons. The average molecular weight is 221 g/mol. The molecule has 1 unspecified atom stereocenters. The Bertz CT molecular complexity index is 399. The van der Waals surface area contributed by atoms with Gasteiger partial charge in [0.25, 0.3) is 0 Å². The summed E-state index contributed by atoms with van der Waals surface area (Å²) in [6.45, 7) is 2.91. The highest BCUT2D eigenvalue weighted by molar-refractivity contribution is 5.94. The second kappa shape index (κ2) is 4.05. The van der Waals surface area contributed by atoms with Gasteiger partial charge in [0.1, 0.15) is 5.82 Å². The first-order valence-corrected chi connectivity index (χ1v) is 5.21. The third-order valence-corrected chi connectivity index (χ3v) is 2.64. The highest BCUT2D eigenvalue weighted by Crippen LogP contribution is 2.22. The molecule has 1 fully saturated rings. The van der Waals surface area contributed by atoms with Crippen LogP contribution in [0.25, 0.3) is 0 Å². The third kappa shape index (κ3) is 1.96. The van der Waals surface area contributed by atoms with Crippen LogP contribution in [0, 0.1) is 12.8 Å². The van der Waals surface area contributed by atoms with Crippen molar-refractivity contribution >= 4 is 17.7 Å². The zero-order chi connectivity index (χ0) is 11.7. The first kappa shape index (κ1) is 10.8. The molecular formula is C10H15N5O. The molecule has 1 amide bonds. The summed E-state index contributed by atoms with van der Waals surface area (Å²) in [4.78, 5) is 21.5. The van der Waals surface area contributed by atoms with Gasteiger partial charge in [0.05, 0.1) is 0 Å². The number of hydrogen-bond donors (Lipinski definition) is 2. The minimum Gasteiger partial charge on any atom is -0.384 e. The Balaban J connectivity index is 2.27. The number of carbonyl (C=O) groups excluding carboxylic acids is 1. The van der Waals surface area contributed by atoms with Crippen molar-refractivity contribution in [2.45, 2.75) is 13.3 Å². The van der Waals surface area contributed by atoms with Crippen molar-refractivity contribution in [3.05, 3.63) is 11.8 Å². The Hall–Kier alpha value is -1.69. The molecule has 0 radical (unpaired) electrons. The van der Waals surface area contributed by atoms with E-state index in [0.29, 0.717) is 31.3 Å². The van der Waals surface area contributed by atoms with Crippen molar-refractivity contribution in [1.82, 2.24) is 9.97 Å². The summed E-state index contributed by atoms with van der Waals surface area (Å²) in [6.07, 6.45) is 0.466. The molecule has 2 heterocycles. The lowest BCUT2D eigenvalue weighted by molar-refractivity contribution is -0.117. The number of nitrogens with zero attached hydrogens (tertiary/aromatic N) is 3. The fourth-order valence-electron chi connectivity index (χ4n) is 1.83. The van der Waals surface area contributed by atoms with Gasteiger partial charge in [0.2, 0.25) is 11.9 Å². The molecule has 1 aromatic heterocycles. The van der Waals surface area contributed by atoms with E-state index in [9.17, 15) is 4.79 Å². The number of nitrogens with two attached hydrogens (primary N) is 2. The summed E-state index contributed by atoms with van der Waals surface area (Å²) in [6, 6.07) is 1.67. The Morgan fingerprint density at radius 2 is 2.31 bits per heavy atom. The maximum atomic E-state index is 11.7. The summed E-state index contributed by atoms with van der Waals surface area (Å²) < 4.78 is 0. The van der Waals surface area contributed by atoms with Crippen molar-refractivity contribution in [1.29, 1.82) is 0 Å². The van der Waals surface area contributed by atoms with E-state index in [1.165, 1.54) is 0 Å². The monoisotopic (exact) mass is 221 g/mol. The van der Waals surface area contributed by atoms with E-state index in [1.54, 1.807) is 11.0 Å². The fourth-order valence-corrected chi connectivity index (χ4v) is 1.83. The van der Waals surface area contributed by atoms with Crippen molar-refractivity contribution in [3.8, 4) is 0 Å². The summed E-state index contributed by atoms with van der Waals surface area (Å²) in [5, 5.41) is 0. The third-order valence-electron chi connectivity index (χ3n) is 2.64. The van der Waals surface area contributed by atoms with Crippen LogP contribution in [-0.2, 0) is 4.79 Å². The number of carbonyl (C=O) groups is 1. The first-order valence-electron chi connectivity index (χ1n) is 5.21. The highest BCUT2D eigenvalue weighted by atomic mass is 16.2. The zero-order valence-corrected chi connectivity index (χ0v) is 9.18. The van der Waals surface area contributed by atoms with E-state index in [2.05, 4.69) is 9.97 Å².